The molecule has 2 rings (SSSR count). The number of ether oxygens (including phenoxy) is 1. The molecule has 0 bridgehead atoms. The predicted molar refractivity (Wildman–Crippen MR) is 48.6 cm³/mol. The minimum atomic E-state index is 0.0711. The van der Waals surface area contributed by atoms with Crippen LogP contribution < -0.4 is 5.32 Å². The van der Waals surface area contributed by atoms with E-state index in [9.17, 15) is 4.79 Å². The lowest BCUT2D eigenvalue weighted by Gasteiger charge is -2.29. The fourth-order valence-electron chi connectivity index (χ4n) is 1.89. The molecule has 74 valence electrons. The third-order valence-corrected chi connectivity index (χ3v) is 2.62. The minimum absolute atomic E-state index is 0.0711. The number of amides is 2. The zero-order valence-electron chi connectivity index (χ0n) is 7.79. The summed E-state index contributed by atoms with van der Waals surface area (Å²) in [5.41, 5.74) is 0. The van der Waals surface area contributed by atoms with Crippen LogP contribution in [0.25, 0.3) is 0 Å². The number of nitrogens with one attached hydrogen (secondary N) is 1. The smallest absolute Gasteiger partial charge is 0.317 e. The van der Waals surface area contributed by atoms with Crippen molar-refractivity contribution in [1.29, 1.82) is 0 Å². The Bertz CT molecular complexity index is 190. The van der Waals surface area contributed by atoms with Gasteiger partial charge in [-0.25, -0.2) is 4.79 Å². The van der Waals surface area contributed by atoms with E-state index in [4.69, 9.17) is 4.74 Å². The van der Waals surface area contributed by atoms with Crippen LogP contribution in [0.1, 0.15) is 19.3 Å². The molecule has 0 spiro atoms. The van der Waals surface area contributed by atoms with E-state index in [1.807, 2.05) is 4.90 Å². The van der Waals surface area contributed by atoms with Crippen LogP contribution >= 0.6 is 0 Å². The summed E-state index contributed by atoms with van der Waals surface area (Å²) < 4.78 is 5.48. The van der Waals surface area contributed by atoms with Gasteiger partial charge in [0.25, 0.3) is 0 Å². The molecule has 13 heavy (non-hydrogen) atoms. The Balaban J connectivity index is 1.81. The van der Waals surface area contributed by atoms with E-state index in [1.54, 1.807) is 0 Å². The molecule has 2 amide bonds. The highest BCUT2D eigenvalue weighted by molar-refractivity contribution is 5.74. The van der Waals surface area contributed by atoms with E-state index in [-0.39, 0.29) is 12.1 Å². The Morgan fingerprint density at radius 1 is 1.54 bits per heavy atom. The SMILES string of the molecule is O=C1NCCCN1CC1CCCO1. The van der Waals surface area contributed by atoms with Gasteiger partial charge in [0.2, 0.25) is 0 Å². The van der Waals surface area contributed by atoms with Crippen molar-refractivity contribution in [2.24, 2.45) is 0 Å². The Morgan fingerprint density at radius 3 is 3.15 bits per heavy atom. The molecule has 0 aliphatic carbocycles. The minimum Gasteiger partial charge on any atom is -0.376 e. The molecular formula is C9H16N2O2. The summed E-state index contributed by atoms with van der Waals surface area (Å²) in [7, 11) is 0. The zero-order chi connectivity index (χ0) is 9.10. The van der Waals surface area contributed by atoms with Crippen LogP contribution in [0, 0.1) is 0 Å². The quantitative estimate of drug-likeness (QED) is 0.682. The van der Waals surface area contributed by atoms with Gasteiger partial charge in [-0.15, -0.1) is 0 Å². The third kappa shape index (κ3) is 2.12. The van der Waals surface area contributed by atoms with Crippen LogP contribution in [0.4, 0.5) is 4.79 Å². The second-order valence-corrected chi connectivity index (χ2v) is 3.67. The van der Waals surface area contributed by atoms with Crippen molar-refractivity contribution < 1.29 is 9.53 Å². The third-order valence-electron chi connectivity index (χ3n) is 2.62. The van der Waals surface area contributed by atoms with Crippen molar-refractivity contribution in [2.75, 3.05) is 26.2 Å². The lowest BCUT2D eigenvalue weighted by atomic mass is 10.2. The van der Waals surface area contributed by atoms with Gasteiger partial charge in [-0.2, -0.15) is 0 Å². The van der Waals surface area contributed by atoms with Crippen molar-refractivity contribution in [2.45, 2.75) is 25.4 Å². The van der Waals surface area contributed by atoms with Gasteiger partial charge in [0.05, 0.1) is 6.10 Å². The largest absolute Gasteiger partial charge is 0.376 e. The first-order valence-corrected chi connectivity index (χ1v) is 5.00. The molecule has 1 atom stereocenters. The summed E-state index contributed by atoms with van der Waals surface area (Å²) in [4.78, 5) is 13.2. The molecule has 2 aliphatic heterocycles. The molecule has 2 heterocycles. The summed E-state index contributed by atoms with van der Waals surface area (Å²) in [6.07, 6.45) is 3.58. The van der Waals surface area contributed by atoms with Crippen molar-refractivity contribution in [3.05, 3.63) is 0 Å². The van der Waals surface area contributed by atoms with Crippen molar-refractivity contribution in [1.82, 2.24) is 10.2 Å². The average Bonchev–Trinajstić information content (AvgIpc) is 2.61. The summed E-state index contributed by atoms with van der Waals surface area (Å²) in [5.74, 6) is 0. The number of hydrogen-bond donors (Lipinski definition) is 1. The summed E-state index contributed by atoms with van der Waals surface area (Å²) in [6, 6.07) is 0.0711. The second kappa shape index (κ2) is 3.96. The molecular weight excluding hydrogens is 168 g/mol. The maximum absolute atomic E-state index is 11.3. The van der Waals surface area contributed by atoms with Gasteiger partial charge in [-0.1, -0.05) is 0 Å². The topological polar surface area (TPSA) is 41.6 Å². The van der Waals surface area contributed by atoms with E-state index in [0.717, 1.165) is 45.5 Å². The van der Waals surface area contributed by atoms with Gasteiger partial charge in [0.15, 0.2) is 0 Å². The molecule has 0 aromatic heterocycles. The first-order valence-electron chi connectivity index (χ1n) is 5.00. The summed E-state index contributed by atoms with van der Waals surface area (Å²) in [5, 5.41) is 2.84. The summed E-state index contributed by atoms with van der Waals surface area (Å²) in [6.45, 7) is 3.33. The van der Waals surface area contributed by atoms with Crippen LogP contribution in [-0.4, -0.2) is 43.3 Å². The highest BCUT2D eigenvalue weighted by Gasteiger charge is 2.23. The molecule has 4 nitrogen and oxygen atoms in total. The second-order valence-electron chi connectivity index (χ2n) is 3.67. The highest BCUT2D eigenvalue weighted by Crippen LogP contribution is 2.14. The maximum Gasteiger partial charge on any atom is 0.317 e. The maximum atomic E-state index is 11.3. The number of nitrogens with zero attached hydrogens (tertiary/aromatic N) is 1. The zero-order valence-corrected chi connectivity index (χ0v) is 7.79. The van der Waals surface area contributed by atoms with E-state index < -0.39 is 0 Å². The predicted octanol–water partition coefficient (Wildman–Crippen LogP) is 0.581. The standard InChI is InChI=1S/C9H16N2O2/c12-9-10-4-2-5-11(9)7-8-3-1-6-13-8/h8H,1-7H2,(H,10,12). The van der Waals surface area contributed by atoms with Crippen molar-refractivity contribution in [3.63, 3.8) is 0 Å². The van der Waals surface area contributed by atoms with Crippen LogP contribution in [0.15, 0.2) is 0 Å². The van der Waals surface area contributed by atoms with Crippen LogP contribution in [0.2, 0.25) is 0 Å². The van der Waals surface area contributed by atoms with E-state index >= 15 is 0 Å². The molecule has 2 fully saturated rings. The van der Waals surface area contributed by atoms with E-state index in [0.29, 0.717) is 0 Å². The van der Waals surface area contributed by atoms with Crippen molar-refractivity contribution in [3.8, 4) is 0 Å². The first kappa shape index (κ1) is 8.81. The number of carbonyl (C=O) groups is 1. The molecule has 0 aromatic rings. The van der Waals surface area contributed by atoms with Gasteiger partial charge < -0.3 is 15.0 Å². The lowest BCUT2D eigenvalue weighted by molar-refractivity contribution is 0.0780. The number of hydrogen-bond acceptors (Lipinski definition) is 2. The first-order chi connectivity index (χ1) is 6.36. The Kier molecular flexibility index (Phi) is 2.68. The van der Waals surface area contributed by atoms with E-state index in [1.165, 1.54) is 0 Å². The fraction of sp³-hybridized carbons (Fsp3) is 0.889. The van der Waals surface area contributed by atoms with Gasteiger partial charge in [-0.3, -0.25) is 0 Å². The molecule has 0 radical (unpaired) electrons. The molecule has 0 saturated carbocycles. The Morgan fingerprint density at radius 2 is 2.46 bits per heavy atom. The molecule has 1 unspecified atom stereocenters. The van der Waals surface area contributed by atoms with Gasteiger partial charge in [0.1, 0.15) is 0 Å². The van der Waals surface area contributed by atoms with E-state index in [2.05, 4.69) is 5.32 Å². The molecule has 4 heteroatoms. The van der Waals surface area contributed by atoms with Crippen LogP contribution in [0.3, 0.4) is 0 Å². The van der Waals surface area contributed by atoms with Crippen LogP contribution in [0.5, 0.6) is 0 Å². The Labute approximate surface area is 78.2 Å². The Hall–Kier alpha value is -0.770. The number of carbonyl (C=O) groups excluding carboxylic acids is 1. The van der Waals surface area contributed by atoms with Gasteiger partial charge in [-0.05, 0) is 19.3 Å². The summed E-state index contributed by atoms with van der Waals surface area (Å²) >= 11 is 0. The van der Waals surface area contributed by atoms with Crippen molar-refractivity contribution >= 4 is 6.03 Å². The van der Waals surface area contributed by atoms with Crippen LogP contribution in [-0.2, 0) is 4.74 Å². The fourth-order valence-corrected chi connectivity index (χ4v) is 1.89. The molecule has 0 aromatic carbocycles. The monoisotopic (exact) mass is 184 g/mol. The highest BCUT2D eigenvalue weighted by atomic mass is 16.5. The van der Waals surface area contributed by atoms with Gasteiger partial charge >= 0.3 is 6.03 Å². The normalized spacial score (nSPS) is 29.1. The number of urea groups is 1. The average molecular weight is 184 g/mol. The number of rotatable bonds is 2. The molecule has 2 aliphatic rings. The molecule has 1 N–H and O–H groups in total. The molecule has 2 saturated heterocycles. The van der Waals surface area contributed by atoms with Gasteiger partial charge in [0, 0.05) is 26.2 Å². The lowest BCUT2D eigenvalue weighted by Crippen LogP contribution is -2.48.